The first kappa shape index (κ1) is 15.4. The predicted octanol–water partition coefficient (Wildman–Crippen LogP) is 1.81. The van der Waals surface area contributed by atoms with Gasteiger partial charge >= 0.3 is 5.97 Å². The highest BCUT2D eigenvalue weighted by atomic mass is 16.5. The van der Waals surface area contributed by atoms with Gasteiger partial charge in [-0.1, -0.05) is 18.2 Å². The molecule has 1 fully saturated rings. The van der Waals surface area contributed by atoms with Crippen molar-refractivity contribution in [3.63, 3.8) is 0 Å². The van der Waals surface area contributed by atoms with Gasteiger partial charge in [-0.2, -0.15) is 0 Å². The number of hydrogen-bond acceptors (Lipinski definition) is 3. The highest BCUT2D eigenvalue weighted by Crippen LogP contribution is 2.40. The summed E-state index contributed by atoms with van der Waals surface area (Å²) in [6, 6.07) is 7.71. The average molecular weight is 291 g/mol. The molecule has 1 unspecified atom stereocenters. The summed E-state index contributed by atoms with van der Waals surface area (Å²) in [5, 5.41) is 8.91. The Bertz CT molecular complexity index is 543. The predicted molar refractivity (Wildman–Crippen MR) is 78.2 cm³/mol. The summed E-state index contributed by atoms with van der Waals surface area (Å²) >= 11 is 0. The van der Waals surface area contributed by atoms with Crippen LogP contribution in [0.25, 0.3) is 0 Å². The highest BCUT2D eigenvalue weighted by molar-refractivity contribution is 5.89. The van der Waals surface area contributed by atoms with Crippen molar-refractivity contribution in [2.75, 3.05) is 14.2 Å². The smallest absolute Gasteiger partial charge is 0.307 e. The largest absolute Gasteiger partial charge is 0.496 e. The minimum Gasteiger partial charge on any atom is -0.496 e. The first-order chi connectivity index (χ1) is 9.95. The number of rotatable bonds is 6. The molecule has 0 aliphatic heterocycles. The van der Waals surface area contributed by atoms with Crippen molar-refractivity contribution >= 4 is 11.9 Å². The van der Waals surface area contributed by atoms with Crippen LogP contribution in [0.5, 0.6) is 5.75 Å². The lowest BCUT2D eigenvalue weighted by molar-refractivity contribution is -0.142. The molecule has 0 saturated heterocycles. The molecule has 1 saturated carbocycles. The fourth-order valence-corrected chi connectivity index (χ4v) is 2.55. The highest BCUT2D eigenvalue weighted by Gasteiger charge is 2.49. The van der Waals surface area contributed by atoms with E-state index in [4.69, 9.17) is 9.84 Å². The van der Waals surface area contributed by atoms with E-state index in [-0.39, 0.29) is 17.9 Å². The second-order valence-electron chi connectivity index (χ2n) is 5.60. The minimum atomic E-state index is -0.876. The van der Waals surface area contributed by atoms with Crippen LogP contribution in [0.4, 0.5) is 0 Å². The minimum absolute atomic E-state index is 0.0103. The van der Waals surface area contributed by atoms with E-state index in [1.54, 1.807) is 19.1 Å². The van der Waals surface area contributed by atoms with E-state index in [1.165, 1.54) is 0 Å². The van der Waals surface area contributed by atoms with Crippen LogP contribution in [-0.4, -0.2) is 42.1 Å². The molecule has 114 valence electrons. The third kappa shape index (κ3) is 3.35. The van der Waals surface area contributed by atoms with Gasteiger partial charge < -0.3 is 14.7 Å². The number of benzene rings is 1. The number of para-hydroxylation sites is 1. The van der Waals surface area contributed by atoms with Crippen LogP contribution in [0.15, 0.2) is 24.3 Å². The van der Waals surface area contributed by atoms with E-state index in [2.05, 4.69) is 0 Å². The molecule has 1 N–H and O–H groups in total. The Kier molecular flexibility index (Phi) is 4.50. The number of likely N-dealkylation sites (N-methyl/N-ethyl adjacent to an activating group) is 1. The van der Waals surface area contributed by atoms with Gasteiger partial charge in [-0.05, 0) is 31.4 Å². The van der Waals surface area contributed by atoms with E-state index in [0.717, 1.165) is 11.3 Å². The summed E-state index contributed by atoms with van der Waals surface area (Å²) in [5.41, 5.74) is 1.04. The molecular formula is C16H21NO4. The summed E-state index contributed by atoms with van der Waals surface area (Å²) in [5.74, 6) is -1.00. The first-order valence-corrected chi connectivity index (χ1v) is 7.07. The van der Waals surface area contributed by atoms with Crippen LogP contribution in [0.2, 0.25) is 0 Å². The summed E-state index contributed by atoms with van der Waals surface area (Å²) in [6.07, 6.45) is 1.14. The number of amides is 1. The van der Waals surface area contributed by atoms with Gasteiger partial charge in [-0.15, -0.1) is 0 Å². The zero-order valence-corrected chi connectivity index (χ0v) is 12.6. The van der Waals surface area contributed by atoms with Crippen LogP contribution in [0.1, 0.15) is 18.9 Å². The van der Waals surface area contributed by atoms with Crippen LogP contribution >= 0.6 is 0 Å². The molecule has 21 heavy (non-hydrogen) atoms. The number of ether oxygens (including phenoxy) is 1. The molecule has 1 aromatic rings. The number of aliphatic carboxylic acids is 1. The molecule has 0 spiro atoms. The maximum atomic E-state index is 12.2. The van der Waals surface area contributed by atoms with Gasteiger partial charge in [0.05, 0.1) is 18.9 Å². The summed E-state index contributed by atoms with van der Waals surface area (Å²) in [4.78, 5) is 24.7. The number of carbonyl (C=O) groups is 2. The molecule has 1 aliphatic carbocycles. The topological polar surface area (TPSA) is 66.8 Å². The standard InChI is InChI=1S/C16H21NO4/c1-10(8-11-6-4-5-7-14(11)21-3)17(2)15(18)12-9-13(12)16(19)20/h4-7,10,12-13H,8-9H2,1-3H3,(H,19,20)/t10?,12-,13+/m1/s1. The second-order valence-corrected chi connectivity index (χ2v) is 5.60. The number of nitrogens with zero attached hydrogens (tertiary/aromatic N) is 1. The number of carboxylic acids is 1. The van der Waals surface area contributed by atoms with Crippen molar-refractivity contribution in [3.05, 3.63) is 29.8 Å². The molecule has 2 rings (SSSR count). The van der Waals surface area contributed by atoms with Crippen LogP contribution in [0.3, 0.4) is 0 Å². The Morgan fingerprint density at radius 3 is 2.62 bits per heavy atom. The summed E-state index contributed by atoms with van der Waals surface area (Å²) < 4.78 is 5.31. The van der Waals surface area contributed by atoms with Crippen molar-refractivity contribution in [2.45, 2.75) is 25.8 Å². The Labute approximate surface area is 124 Å². The van der Waals surface area contributed by atoms with Crippen molar-refractivity contribution in [3.8, 4) is 5.75 Å². The van der Waals surface area contributed by atoms with Crippen molar-refractivity contribution < 1.29 is 19.4 Å². The lowest BCUT2D eigenvalue weighted by atomic mass is 10.0. The van der Waals surface area contributed by atoms with Gasteiger partial charge in [0.2, 0.25) is 5.91 Å². The molecule has 0 heterocycles. The van der Waals surface area contributed by atoms with Crippen molar-refractivity contribution in [1.29, 1.82) is 0 Å². The molecular weight excluding hydrogens is 270 g/mol. The van der Waals surface area contributed by atoms with Gasteiger partial charge in [-0.25, -0.2) is 0 Å². The van der Waals surface area contributed by atoms with E-state index in [0.29, 0.717) is 12.8 Å². The summed E-state index contributed by atoms with van der Waals surface area (Å²) in [6.45, 7) is 1.96. The van der Waals surface area contributed by atoms with E-state index in [1.807, 2.05) is 31.2 Å². The molecule has 5 nitrogen and oxygen atoms in total. The first-order valence-electron chi connectivity index (χ1n) is 7.07. The number of carbonyl (C=O) groups excluding carboxylic acids is 1. The van der Waals surface area contributed by atoms with Gasteiger partial charge in [0, 0.05) is 13.1 Å². The molecule has 3 atom stereocenters. The second kappa shape index (κ2) is 6.16. The van der Waals surface area contributed by atoms with E-state index >= 15 is 0 Å². The molecule has 1 aromatic carbocycles. The maximum absolute atomic E-state index is 12.2. The van der Waals surface area contributed by atoms with Crippen LogP contribution < -0.4 is 4.74 Å². The maximum Gasteiger partial charge on any atom is 0.307 e. The Hall–Kier alpha value is -2.04. The van der Waals surface area contributed by atoms with Gasteiger partial charge in [0.15, 0.2) is 0 Å². The summed E-state index contributed by atoms with van der Waals surface area (Å²) in [7, 11) is 3.36. The third-order valence-electron chi connectivity index (χ3n) is 4.14. The van der Waals surface area contributed by atoms with E-state index < -0.39 is 11.9 Å². The van der Waals surface area contributed by atoms with Crippen LogP contribution in [-0.2, 0) is 16.0 Å². The fraction of sp³-hybridized carbons (Fsp3) is 0.500. The number of hydrogen-bond donors (Lipinski definition) is 1. The quantitative estimate of drug-likeness (QED) is 0.868. The Balaban J connectivity index is 1.98. The number of carboxylic acid groups (broad SMARTS) is 1. The molecule has 5 heteroatoms. The van der Waals surface area contributed by atoms with Gasteiger partial charge in [0.1, 0.15) is 5.75 Å². The zero-order valence-electron chi connectivity index (χ0n) is 12.6. The SMILES string of the molecule is COc1ccccc1CC(C)N(C)C(=O)[C@@H]1C[C@@H]1C(=O)O. The average Bonchev–Trinajstić information content (AvgIpc) is 3.26. The van der Waals surface area contributed by atoms with E-state index in [9.17, 15) is 9.59 Å². The number of methoxy groups -OCH3 is 1. The molecule has 0 aromatic heterocycles. The normalized spacial score (nSPS) is 21.5. The van der Waals surface area contributed by atoms with Gasteiger partial charge in [-0.3, -0.25) is 9.59 Å². The molecule has 1 aliphatic rings. The van der Waals surface area contributed by atoms with Crippen LogP contribution in [0, 0.1) is 11.8 Å². The molecule has 0 radical (unpaired) electrons. The van der Waals surface area contributed by atoms with Gasteiger partial charge in [0.25, 0.3) is 0 Å². The lowest BCUT2D eigenvalue weighted by Gasteiger charge is -2.26. The lowest BCUT2D eigenvalue weighted by Crippen LogP contribution is -2.38. The third-order valence-corrected chi connectivity index (χ3v) is 4.14. The Morgan fingerprint density at radius 2 is 2.05 bits per heavy atom. The zero-order chi connectivity index (χ0) is 15.6. The van der Waals surface area contributed by atoms with Crippen molar-refractivity contribution in [2.24, 2.45) is 11.8 Å². The Morgan fingerprint density at radius 1 is 1.38 bits per heavy atom. The molecule has 0 bridgehead atoms. The monoisotopic (exact) mass is 291 g/mol. The molecule has 1 amide bonds. The fourth-order valence-electron chi connectivity index (χ4n) is 2.55. The van der Waals surface area contributed by atoms with Crippen molar-refractivity contribution in [1.82, 2.24) is 4.90 Å².